The van der Waals surface area contributed by atoms with Gasteiger partial charge in [0.15, 0.2) is 11.5 Å². The van der Waals surface area contributed by atoms with E-state index in [9.17, 15) is 19.5 Å². The van der Waals surface area contributed by atoms with Crippen LogP contribution in [0.4, 0.5) is 11.4 Å². The number of aliphatic hydroxyl groups is 1. The number of ketones is 1. The summed E-state index contributed by atoms with van der Waals surface area (Å²) in [5.41, 5.74) is 0.608. The van der Waals surface area contributed by atoms with Gasteiger partial charge >= 0.3 is 0 Å². The zero-order valence-electron chi connectivity index (χ0n) is 16.8. The molecule has 0 aliphatic carbocycles. The smallest absolute Gasteiger partial charge is 0.294 e. The number of nitrogens with zero attached hydrogens (tertiary/aromatic N) is 2. The largest absolute Gasteiger partial charge is 0.503 e. The maximum Gasteiger partial charge on any atom is 0.294 e. The fraction of sp³-hybridized carbons (Fsp3) is 0.273. The van der Waals surface area contributed by atoms with Gasteiger partial charge in [0, 0.05) is 29.9 Å². The molecule has 0 saturated carbocycles. The number of amides is 2. The second-order valence-electron chi connectivity index (χ2n) is 7.91. The molecule has 29 heavy (non-hydrogen) atoms. The predicted octanol–water partition coefficient (Wildman–Crippen LogP) is 3.56. The molecule has 0 radical (unpaired) electrons. The number of hydrogen-bond acceptors (Lipinski definition) is 5. The van der Waals surface area contributed by atoms with E-state index in [1.807, 2.05) is 0 Å². The normalized spacial score (nSPS) is 16.9. The maximum absolute atomic E-state index is 13.1. The number of aromatic nitrogens is 1. The molecule has 2 amide bonds. The van der Waals surface area contributed by atoms with Gasteiger partial charge in [0.1, 0.15) is 6.04 Å². The van der Waals surface area contributed by atoms with Crippen LogP contribution < -0.4 is 10.2 Å². The Morgan fingerprint density at radius 3 is 2.45 bits per heavy atom. The number of carbonyl (C=O) groups is 3. The molecule has 1 aromatic carbocycles. The zero-order chi connectivity index (χ0) is 21.3. The van der Waals surface area contributed by atoms with Gasteiger partial charge in [-0.15, -0.1) is 0 Å². The van der Waals surface area contributed by atoms with Crippen LogP contribution >= 0.6 is 0 Å². The van der Waals surface area contributed by atoms with E-state index in [0.717, 1.165) is 0 Å². The number of benzene rings is 1. The highest BCUT2D eigenvalue weighted by Gasteiger charge is 2.47. The van der Waals surface area contributed by atoms with E-state index in [-0.39, 0.29) is 17.3 Å². The number of Topliss-reactive ketones (excluding diaryl/α,β-unsaturated/α-hetero) is 1. The molecule has 1 unspecified atom stereocenters. The molecule has 2 N–H and O–H groups in total. The van der Waals surface area contributed by atoms with E-state index >= 15 is 0 Å². The predicted molar refractivity (Wildman–Crippen MR) is 109 cm³/mol. The number of aliphatic hydroxyl groups excluding tert-OH is 1. The lowest BCUT2D eigenvalue weighted by Gasteiger charge is -2.28. The molecule has 150 valence electrons. The van der Waals surface area contributed by atoms with Gasteiger partial charge in [0.25, 0.3) is 5.91 Å². The minimum Gasteiger partial charge on any atom is -0.503 e. The summed E-state index contributed by atoms with van der Waals surface area (Å²) in [6.45, 7) is 6.58. The van der Waals surface area contributed by atoms with Gasteiger partial charge in [-0.05, 0) is 30.3 Å². The number of rotatable bonds is 4. The Bertz CT molecular complexity index is 1010. The highest BCUT2D eigenvalue weighted by atomic mass is 16.3. The van der Waals surface area contributed by atoms with Crippen molar-refractivity contribution in [1.29, 1.82) is 0 Å². The van der Waals surface area contributed by atoms with Gasteiger partial charge in [-0.1, -0.05) is 32.9 Å². The Balaban J connectivity index is 2.16. The number of hydrogen-bond donors (Lipinski definition) is 2. The summed E-state index contributed by atoms with van der Waals surface area (Å²) in [5, 5.41) is 13.3. The zero-order valence-corrected chi connectivity index (χ0v) is 16.8. The molecule has 1 atom stereocenters. The first-order chi connectivity index (χ1) is 13.6. The summed E-state index contributed by atoms with van der Waals surface area (Å²) < 4.78 is 0. The van der Waals surface area contributed by atoms with E-state index in [0.29, 0.717) is 17.1 Å². The molecule has 7 nitrogen and oxygen atoms in total. The van der Waals surface area contributed by atoms with Crippen molar-refractivity contribution in [3.8, 4) is 0 Å². The van der Waals surface area contributed by atoms with Crippen molar-refractivity contribution in [2.24, 2.45) is 5.41 Å². The molecular formula is C22H23N3O4. The summed E-state index contributed by atoms with van der Waals surface area (Å²) in [4.78, 5) is 43.2. The Morgan fingerprint density at radius 1 is 1.14 bits per heavy atom. The Kier molecular flexibility index (Phi) is 5.24. The van der Waals surface area contributed by atoms with Crippen molar-refractivity contribution in [2.75, 3.05) is 10.2 Å². The number of pyridine rings is 1. The molecule has 0 bridgehead atoms. The van der Waals surface area contributed by atoms with E-state index in [1.165, 1.54) is 11.8 Å². The van der Waals surface area contributed by atoms with Crippen molar-refractivity contribution in [2.45, 2.75) is 33.7 Å². The molecule has 0 spiro atoms. The third kappa shape index (κ3) is 3.89. The Morgan fingerprint density at radius 2 is 1.86 bits per heavy atom. The number of anilines is 2. The molecule has 0 saturated heterocycles. The fourth-order valence-corrected chi connectivity index (χ4v) is 3.26. The summed E-state index contributed by atoms with van der Waals surface area (Å²) in [6.07, 6.45) is 1.57. The van der Waals surface area contributed by atoms with Crippen LogP contribution in [0.15, 0.2) is 60.0 Å². The average molecular weight is 393 g/mol. The minimum absolute atomic E-state index is 0.0196. The summed E-state index contributed by atoms with van der Waals surface area (Å²) in [7, 11) is 0. The highest BCUT2D eigenvalue weighted by molar-refractivity contribution is 6.17. The van der Waals surface area contributed by atoms with Crippen molar-refractivity contribution >= 4 is 29.0 Å². The number of nitrogens with one attached hydrogen (secondary N) is 1. The van der Waals surface area contributed by atoms with Crippen molar-refractivity contribution in [3.63, 3.8) is 0 Å². The van der Waals surface area contributed by atoms with Gasteiger partial charge in [0.2, 0.25) is 5.91 Å². The summed E-state index contributed by atoms with van der Waals surface area (Å²) in [5.74, 6) is -1.85. The topological polar surface area (TPSA) is 99.6 Å². The quantitative estimate of drug-likeness (QED) is 0.827. The first-order valence-corrected chi connectivity index (χ1v) is 9.21. The third-order valence-electron chi connectivity index (χ3n) is 4.55. The van der Waals surface area contributed by atoms with Crippen LogP contribution in [0.5, 0.6) is 0 Å². The van der Waals surface area contributed by atoms with Gasteiger partial charge < -0.3 is 10.4 Å². The van der Waals surface area contributed by atoms with Crippen LogP contribution in [-0.2, 0) is 14.4 Å². The summed E-state index contributed by atoms with van der Waals surface area (Å²) >= 11 is 0. The van der Waals surface area contributed by atoms with Gasteiger partial charge in [0.05, 0.1) is 11.3 Å². The molecule has 2 aromatic rings. The Hall–Kier alpha value is -3.48. The number of carbonyl (C=O) groups excluding carboxylic acids is 3. The molecule has 1 aromatic heterocycles. The van der Waals surface area contributed by atoms with Crippen LogP contribution in [0.25, 0.3) is 0 Å². The minimum atomic E-state index is -0.872. The molecule has 1 aliphatic heterocycles. The van der Waals surface area contributed by atoms with Gasteiger partial charge in [-0.3, -0.25) is 24.3 Å². The maximum atomic E-state index is 13.1. The lowest BCUT2D eigenvalue weighted by atomic mass is 9.83. The standard InChI is InChI=1S/C22H23N3O4/c1-13(26)24-14-8-7-9-15(12-14)25-18(16-10-5-6-11-23-16)17(19(27)21(25)29)20(28)22(2,3)4/h5-12,18,27H,1-4H3,(H,24,26). The van der Waals surface area contributed by atoms with E-state index in [2.05, 4.69) is 10.3 Å². The average Bonchev–Trinajstić information content (AvgIpc) is 2.92. The second kappa shape index (κ2) is 7.50. The molecule has 7 heteroatoms. The van der Waals surface area contributed by atoms with E-state index in [1.54, 1.807) is 69.4 Å². The fourth-order valence-electron chi connectivity index (χ4n) is 3.26. The lowest BCUT2D eigenvalue weighted by Crippen LogP contribution is -2.33. The molecule has 3 rings (SSSR count). The second-order valence-corrected chi connectivity index (χ2v) is 7.91. The lowest BCUT2D eigenvalue weighted by molar-refractivity contribution is -0.123. The molecule has 1 aliphatic rings. The summed E-state index contributed by atoms with van der Waals surface area (Å²) in [6, 6.07) is 11.0. The first kappa shape index (κ1) is 20.3. The van der Waals surface area contributed by atoms with Crippen LogP contribution in [-0.4, -0.2) is 27.7 Å². The highest BCUT2D eigenvalue weighted by Crippen LogP contribution is 2.43. The van der Waals surface area contributed by atoms with Gasteiger partial charge in [-0.2, -0.15) is 0 Å². The van der Waals surface area contributed by atoms with Crippen LogP contribution in [0.1, 0.15) is 39.4 Å². The molecule has 2 heterocycles. The van der Waals surface area contributed by atoms with E-state index in [4.69, 9.17) is 0 Å². The van der Waals surface area contributed by atoms with E-state index < -0.39 is 23.1 Å². The van der Waals surface area contributed by atoms with Crippen LogP contribution in [0.2, 0.25) is 0 Å². The van der Waals surface area contributed by atoms with Crippen molar-refractivity contribution in [3.05, 3.63) is 65.7 Å². The van der Waals surface area contributed by atoms with Crippen LogP contribution in [0.3, 0.4) is 0 Å². The van der Waals surface area contributed by atoms with Crippen molar-refractivity contribution in [1.82, 2.24) is 4.98 Å². The molecular weight excluding hydrogens is 370 g/mol. The monoisotopic (exact) mass is 393 g/mol. The SMILES string of the molecule is CC(=O)Nc1cccc(N2C(=O)C(O)=C(C(=O)C(C)(C)C)C2c2ccccn2)c1. The van der Waals surface area contributed by atoms with Gasteiger partial charge in [-0.25, -0.2) is 0 Å². The third-order valence-corrected chi connectivity index (χ3v) is 4.55. The van der Waals surface area contributed by atoms with Crippen LogP contribution in [0, 0.1) is 5.41 Å². The molecule has 0 fully saturated rings. The Labute approximate surface area is 169 Å². The van der Waals surface area contributed by atoms with Crippen molar-refractivity contribution < 1.29 is 19.5 Å². The first-order valence-electron chi connectivity index (χ1n) is 9.21.